The molecular formula is C16H19N3OS. The summed E-state index contributed by atoms with van der Waals surface area (Å²) in [4.78, 5) is 4.56. The minimum Gasteiger partial charge on any atom is -0.399 e. The summed E-state index contributed by atoms with van der Waals surface area (Å²) in [5.74, 6) is 0.693. The average molecular weight is 301 g/mol. The van der Waals surface area contributed by atoms with Crippen LogP contribution in [0.15, 0.2) is 35.0 Å². The number of imidazole rings is 1. The van der Waals surface area contributed by atoms with E-state index in [1.807, 2.05) is 18.2 Å². The number of aliphatic hydroxyl groups excluding tert-OH is 1. The molecule has 2 aromatic heterocycles. The third kappa shape index (κ3) is 2.66. The van der Waals surface area contributed by atoms with Crippen LogP contribution in [0.3, 0.4) is 0 Å². The van der Waals surface area contributed by atoms with Crippen molar-refractivity contribution < 1.29 is 5.11 Å². The van der Waals surface area contributed by atoms with Crippen molar-refractivity contribution in [2.75, 3.05) is 5.73 Å². The monoisotopic (exact) mass is 301 g/mol. The molecule has 0 aliphatic carbocycles. The van der Waals surface area contributed by atoms with Crippen LogP contribution in [0.25, 0.3) is 11.0 Å². The predicted octanol–water partition coefficient (Wildman–Crippen LogP) is 3.54. The van der Waals surface area contributed by atoms with Gasteiger partial charge >= 0.3 is 0 Å². The third-order valence-electron chi connectivity index (χ3n) is 3.67. The number of rotatable bonds is 4. The summed E-state index contributed by atoms with van der Waals surface area (Å²) >= 11 is 1.70. The van der Waals surface area contributed by atoms with Crippen LogP contribution in [0.4, 0.5) is 5.69 Å². The second-order valence-corrected chi connectivity index (χ2v) is 6.23. The minimum absolute atomic E-state index is 0.220. The molecule has 4 nitrogen and oxygen atoms in total. The molecular weight excluding hydrogens is 282 g/mol. The Morgan fingerprint density at radius 3 is 2.81 bits per heavy atom. The minimum atomic E-state index is -0.608. The van der Waals surface area contributed by atoms with E-state index in [2.05, 4.69) is 33.3 Å². The van der Waals surface area contributed by atoms with E-state index >= 15 is 0 Å². The number of anilines is 1. The van der Waals surface area contributed by atoms with Crippen molar-refractivity contribution in [1.82, 2.24) is 9.55 Å². The zero-order valence-corrected chi connectivity index (χ0v) is 13.0. The quantitative estimate of drug-likeness (QED) is 0.724. The molecule has 3 aromatic rings. The number of hydrogen-bond donors (Lipinski definition) is 2. The van der Waals surface area contributed by atoms with Crippen LogP contribution >= 0.6 is 11.3 Å². The molecule has 0 saturated heterocycles. The number of benzene rings is 1. The second-order valence-electron chi connectivity index (χ2n) is 5.45. The lowest BCUT2D eigenvalue weighted by Crippen LogP contribution is -2.13. The standard InChI is InChI=1S/C16H19N3OS/c1-10(7-12-5-6-21-9-12)19-15-4-3-13(17)8-14(15)18-16(19)11(2)20/h3-6,8-11,20H,7,17H2,1-2H3. The maximum absolute atomic E-state index is 10.0. The Morgan fingerprint density at radius 2 is 2.14 bits per heavy atom. The molecule has 0 radical (unpaired) electrons. The fraction of sp³-hybridized carbons (Fsp3) is 0.312. The van der Waals surface area contributed by atoms with E-state index in [-0.39, 0.29) is 6.04 Å². The highest BCUT2D eigenvalue weighted by Crippen LogP contribution is 2.28. The number of nitrogens with two attached hydrogens (primary N) is 1. The number of nitrogens with zero attached hydrogens (tertiary/aromatic N) is 2. The lowest BCUT2D eigenvalue weighted by molar-refractivity contribution is 0.182. The number of nitrogen functional groups attached to an aromatic ring is 1. The molecule has 2 unspecified atom stereocenters. The fourth-order valence-corrected chi connectivity index (χ4v) is 3.42. The first-order valence-electron chi connectivity index (χ1n) is 7.02. The largest absolute Gasteiger partial charge is 0.399 e. The third-order valence-corrected chi connectivity index (χ3v) is 4.40. The van der Waals surface area contributed by atoms with Gasteiger partial charge in [-0.1, -0.05) is 0 Å². The summed E-state index contributed by atoms with van der Waals surface area (Å²) in [7, 11) is 0. The van der Waals surface area contributed by atoms with Crippen LogP contribution in [-0.2, 0) is 6.42 Å². The molecule has 110 valence electrons. The summed E-state index contributed by atoms with van der Waals surface area (Å²) in [6.07, 6.45) is 0.308. The van der Waals surface area contributed by atoms with Crippen molar-refractivity contribution in [2.45, 2.75) is 32.4 Å². The van der Waals surface area contributed by atoms with Gasteiger partial charge in [-0.05, 0) is 60.9 Å². The summed E-state index contributed by atoms with van der Waals surface area (Å²) in [6, 6.07) is 8.07. The molecule has 0 aliphatic rings. The first-order chi connectivity index (χ1) is 10.1. The number of thiophene rings is 1. The van der Waals surface area contributed by atoms with Gasteiger partial charge in [-0.25, -0.2) is 4.98 Å². The van der Waals surface area contributed by atoms with Gasteiger partial charge in [0.05, 0.1) is 11.0 Å². The Kier molecular flexibility index (Phi) is 3.69. The maximum atomic E-state index is 10.0. The topological polar surface area (TPSA) is 64.1 Å². The molecule has 5 heteroatoms. The van der Waals surface area contributed by atoms with Gasteiger partial charge in [0, 0.05) is 11.7 Å². The second kappa shape index (κ2) is 5.50. The van der Waals surface area contributed by atoms with Crippen LogP contribution in [0, 0.1) is 0 Å². The van der Waals surface area contributed by atoms with E-state index in [1.165, 1.54) is 5.56 Å². The zero-order valence-electron chi connectivity index (χ0n) is 12.2. The Balaban J connectivity index is 2.08. The van der Waals surface area contributed by atoms with E-state index in [4.69, 9.17) is 5.73 Å². The van der Waals surface area contributed by atoms with Gasteiger partial charge in [-0.2, -0.15) is 11.3 Å². The highest BCUT2D eigenvalue weighted by Gasteiger charge is 2.19. The van der Waals surface area contributed by atoms with Gasteiger partial charge in [-0.3, -0.25) is 0 Å². The number of fused-ring (bicyclic) bond motifs is 1. The Bertz CT molecular complexity index is 746. The molecule has 0 aliphatic heterocycles. The van der Waals surface area contributed by atoms with Crippen molar-refractivity contribution in [1.29, 1.82) is 0 Å². The van der Waals surface area contributed by atoms with E-state index < -0.39 is 6.10 Å². The molecule has 21 heavy (non-hydrogen) atoms. The van der Waals surface area contributed by atoms with Gasteiger partial charge in [-0.15, -0.1) is 0 Å². The smallest absolute Gasteiger partial charge is 0.138 e. The molecule has 0 amide bonds. The van der Waals surface area contributed by atoms with Gasteiger partial charge < -0.3 is 15.4 Å². The van der Waals surface area contributed by atoms with Crippen molar-refractivity contribution >= 4 is 28.1 Å². The molecule has 3 N–H and O–H groups in total. The summed E-state index contributed by atoms with van der Waals surface area (Å²) < 4.78 is 2.12. The normalized spacial score (nSPS) is 14.4. The SMILES string of the molecule is CC(O)c1nc2cc(N)ccc2n1C(C)Cc1ccsc1. The van der Waals surface area contributed by atoms with Crippen LogP contribution in [0.1, 0.15) is 37.4 Å². The van der Waals surface area contributed by atoms with Crippen molar-refractivity contribution in [3.8, 4) is 0 Å². The van der Waals surface area contributed by atoms with Gasteiger partial charge in [0.1, 0.15) is 11.9 Å². The maximum Gasteiger partial charge on any atom is 0.138 e. The van der Waals surface area contributed by atoms with Gasteiger partial charge in [0.25, 0.3) is 0 Å². The van der Waals surface area contributed by atoms with Crippen molar-refractivity contribution in [2.24, 2.45) is 0 Å². The molecule has 0 bridgehead atoms. The van der Waals surface area contributed by atoms with E-state index in [1.54, 1.807) is 18.3 Å². The molecule has 2 heterocycles. The molecule has 0 saturated carbocycles. The van der Waals surface area contributed by atoms with Gasteiger partial charge in [0.15, 0.2) is 0 Å². The number of hydrogen-bond acceptors (Lipinski definition) is 4. The number of aromatic nitrogens is 2. The average Bonchev–Trinajstić information content (AvgIpc) is 3.04. The summed E-state index contributed by atoms with van der Waals surface area (Å²) in [5, 5.41) is 14.3. The van der Waals surface area contributed by atoms with Crippen LogP contribution in [-0.4, -0.2) is 14.7 Å². The first kappa shape index (κ1) is 14.1. The molecule has 1 aromatic carbocycles. The van der Waals surface area contributed by atoms with E-state index in [0.29, 0.717) is 11.5 Å². The zero-order chi connectivity index (χ0) is 15.0. The number of aliphatic hydroxyl groups is 1. The molecule has 0 spiro atoms. The Hall–Kier alpha value is -1.85. The summed E-state index contributed by atoms with van der Waals surface area (Å²) in [5.41, 5.74) is 9.68. The lowest BCUT2D eigenvalue weighted by Gasteiger charge is -2.18. The fourth-order valence-electron chi connectivity index (χ4n) is 2.73. The van der Waals surface area contributed by atoms with Gasteiger partial charge in [0.2, 0.25) is 0 Å². The molecule has 2 atom stereocenters. The van der Waals surface area contributed by atoms with Crippen molar-refractivity contribution in [3.63, 3.8) is 0 Å². The highest BCUT2D eigenvalue weighted by molar-refractivity contribution is 7.07. The van der Waals surface area contributed by atoms with Crippen LogP contribution in [0.2, 0.25) is 0 Å². The Morgan fingerprint density at radius 1 is 1.33 bits per heavy atom. The molecule has 3 rings (SSSR count). The Labute approximate surface area is 127 Å². The first-order valence-corrected chi connectivity index (χ1v) is 7.97. The van der Waals surface area contributed by atoms with Crippen LogP contribution < -0.4 is 5.73 Å². The lowest BCUT2D eigenvalue weighted by atomic mass is 10.1. The molecule has 0 fully saturated rings. The highest BCUT2D eigenvalue weighted by atomic mass is 32.1. The predicted molar refractivity (Wildman–Crippen MR) is 87.5 cm³/mol. The summed E-state index contributed by atoms with van der Waals surface area (Å²) in [6.45, 7) is 3.90. The van der Waals surface area contributed by atoms with E-state index in [0.717, 1.165) is 17.5 Å². The van der Waals surface area contributed by atoms with Crippen molar-refractivity contribution in [3.05, 3.63) is 46.4 Å². The van der Waals surface area contributed by atoms with E-state index in [9.17, 15) is 5.11 Å². The van der Waals surface area contributed by atoms with Crippen LogP contribution in [0.5, 0.6) is 0 Å².